The van der Waals surface area contributed by atoms with Crippen LogP contribution in [0.5, 0.6) is 5.75 Å². The summed E-state index contributed by atoms with van der Waals surface area (Å²) in [5.74, 6) is 2.00. The number of amides is 1. The number of aromatic nitrogens is 4. The Bertz CT molecular complexity index is 1220. The third-order valence-corrected chi connectivity index (χ3v) is 5.56. The van der Waals surface area contributed by atoms with Crippen molar-refractivity contribution in [3.63, 3.8) is 0 Å². The number of benzene rings is 2. The van der Waals surface area contributed by atoms with Crippen LogP contribution in [-0.2, 0) is 12.8 Å². The number of nitrogens with zero attached hydrogens (tertiary/aromatic N) is 4. The van der Waals surface area contributed by atoms with E-state index in [0.717, 1.165) is 42.1 Å². The van der Waals surface area contributed by atoms with Crippen LogP contribution in [0.25, 0.3) is 17.1 Å². The molecule has 0 fully saturated rings. The zero-order chi connectivity index (χ0) is 23.8. The highest BCUT2D eigenvalue weighted by Gasteiger charge is 2.15. The Hall–Kier alpha value is -4.00. The van der Waals surface area contributed by atoms with E-state index in [0.29, 0.717) is 24.4 Å². The first-order chi connectivity index (χ1) is 16.7. The first kappa shape index (κ1) is 23.2. The Balaban J connectivity index is 1.44. The van der Waals surface area contributed by atoms with Gasteiger partial charge in [-0.2, -0.15) is 5.10 Å². The standard InChI is InChI=1S/C27H29N5O2/c1-3-25-30-26(32(31-25)23-12-14-24(34-2)15-13-23)21-17-22(19-28-18-21)27(33)29-16-8-7-11-20-9-5-4-6-10-20/h4-6,9-10,12-15,17-19H,3,7-8,11,16H2,1-2H3,(H,29,33). The van der Waals surface area contributed by atoms with Gasteiger partial charge in [-0.05, 0) is 55.2 Å². The van der Waals surface area contributed by atoms with Crippen molar-refractivity contribution < 1.29 is 9.53 Å². The van der Waals surface area contributed by atoms with Crippen molar-refractivity contribution in [3.8, 4) is 22.8 Å². The molecule has 2 aromatic carbocycles. The van der Waals surface area contributed by atoms with Gasteiger partial charge in [0, 0.05) is 30.9 Å². The molecule has 0 aliphatic rings. The van der Waals surface area contributed by atoms with Crippen LogP contribution in [0.1, 0.15) is 41.5 Å². The zero-order valence-corrected chi connectivity index (χ0v) is 19.6. The summed E-state index contributed by atoms with van der Waals surface area (Å²) in [6, 6.07) is 19.8. The molecule has 7 nitrogen and oxygen atoms in total. The van der Waals surface area contributed by atoms with Crippen molar-refractivity contribution in [3.05, 3.63) is 90.0 Å². The number of carbonyl (C=O) groups is 1. The van der Waals surface area contributed by atoms with Gasteiger partial charge in [0.15, 0.2) is 11.6 Å². The average molecular weight is 456 g/mol. The minimum absolute atomic E-state index is 0.139. The first-order valence-corrected chi connectivity index (χ1v) is 11.6. The molecule has 2 aromatic heterocycles. The molecule has 0 spiro atoms. The number of hydrogen-bond donors (Lipinski definition) is 1. The summed E-state index contributed by atoms with van der Waals surface area (Å²) in [4.78, 5) is 21.7. The Labute approximate surface area is 199 Å². The normalized spacial score (nSPS) is 10.8. The fraction of sp³-hybridized carbons (Fsp3) is 0.259. The molecule has 1 amide bonds. The van der Waals surface area contributed by atoms with Gasteiger partial charge in [-0.25, -0.2) is 9.67 Å². The Morgan fingerprint density at radius 1 is 1.03 bits per heavy atom. The van der Waals surface area contributed by atoms with E-state index in [1.54, 1.807) is 24.2 Å². The maximum atomic E-state index is 12.7. The molecule has 1 N–H and O–H groups in total. The number of pyridine rings is 1. The molecule has 0 aliphatic carbocycles. The van der Waals surface area contributed by atoms with Gasteiger partial charge in [0.25, 0.3) is 5.91 Å². The minimum atomic E-state index is -0.139. The van der Waals surface area contributed by atoms with Gasteiger partial charge in [-0.3, -0.25) is 9.78 Å². The first-order valence-electron chi connectivity index (χ1n) is 11.6. The SMILES string of the molecule is CCc1nc(-c2cncc(C(=O)NCCCCc3ccccc3)c2)n(-c2ccc(OC)cc2)n1. The maximum Gasteiger partial charge on any atom is 0.252 e. The lowest BCUT2D eigenvalue weighted by atomic mass is 10.1. The Kier molecular flexibility index (Phi) is 7.65. The van der Waals surface area contributed by atoms with Crippen LogP contribution in [0.15, 0.2) is 73.1 Å². The van der Waals surface area contributed by atoms with Gasteiger partial charge < -0.3 is 10.1 Å². The molecule has 34 heavy (non-hydrogen) atoms. The topological polar surface area (TPSA) is 81.9 Å². The molecule has 4 rings (SSSR count). The van der Waals surface area contributed by atoms with Crippen molar-refractivity contribution in [1.29, 1.82) is 0 Å². The second kappa shape index (κ2) is 11.2. The largest absolute Gasteiger partial charge is 0.497 e. The van der Waals surface area contributed by atoms with Crippen molar-refractivity contribution in [1.82, 2.24) is 25.1 Å². The van der Waals surface area contributed by atoms with Crippen LogP contribution in [0.4, 0.5) is 0 Å². The van der Waals surface area contributed by atoms with Crippen LogP contribution in [0.3, 0.4) is 0 Å². The summed E-state index contributed by atoms with van der Waals surface area (Å²) < 4.78 is 7.04. The highest BCUT2D eigenvalue weighted by atomic mass is 16.5. The molecule has 0 saturated carbocycles. The van der Waals surface area contributed by atoms with Gasteiger partial charge in [0.2, 0.25) is 0 Å². The summed E-state index contributed by atoms with van der Waals surface area (Å²) in [5, 5.41) is 7.64. The second-order valence-electron chi connectivity index (χ2n) is 7.98. The molecule has 0 radical (unpaired) electrons. The van der Waals surface area contributed by atoms with Crippen LogP contribution in [0.2, 0.25) is 0 Å². The third kappa shape index (κ3) is 5.67. The van der Waals surface area contributed by atoms with Crippen molar-refractivity contribution in [2.75, 3.05) is 13.7 Å². The van der Waals surface area contributed by atoms with Gasteiger partial charge in [0.05, 0.1) is 18.4 Å². The number of carbonyl (C=O) groups excluding carboxylic acids is 1. The quantitative estimate of drug-likeness (QED) is 0.352. The van der Waals surface area contributed by atoms with Crippen molar-refractivity contribution in [2.24, 2.45) is 0 Å². The monoisotopic (exact) mass is 455 g/mol. The van der Waals surface area contributed by atoms with E-state index in [2.05, 4.69) is 44.6 Å². The zero-order valence-electron chi connectivity index (χ0n) is 19.6. The molecule has 174 valence electrons. The Morgan fingerprint density at radius 3 is 2.56 bits per heavy atom. The maximum absolute atomic E-state index is 12.7. The fourth-order valence-electron chi connectivity index (χ4n) is 3.68. The number of rotatable bonds is 10. The predicted octanol–water partition coefficient (Wildman–Crippen LogP) is 4.65. The van der Waals surface area contributed by atoms with Crippen LogP contribution < -0.4 is 10.1 Å². The molecular weight excluding hydrogens is 426 g/mol. The molecular formula is C27H29N5O2. The van der Waals surface area contributed by atoms with E-state index in [-0.39, 0.29) is 5.91 Å². The number of methoxy groups -OCH3 is 1. The lowest BCUT2D eigenvalue weighted by Crippen LogP contribution is -2.24. The summed E-state index contributed by atoms with van der Waals surface area (Å²) in [7, 11) is 1.64. The van der Waals surface area contributed by atoms with Gasteiger partial charge in [-0.15, -0.1) is 0 Å². The summed E-state index contributed by atoms with van der Waals surface area (Å²) in [6.45, 7) is 2.63. The molecule has 2 heterocycles. The smallest absolute Gasteiger partial charge is 0.252 e. The summed E-state index contributed by atoms with van der Waals surface area (Å²) in [6.07, 6.45) is 6.94. The molecule has 0 unspecified atom stereocenters. The fourth-order valence-corrected chi connectivity index (χ4v) is 3.68. The predicted molar refractivity (Wildman–Crippen MR) is 132 cm³/mol. The molecule has 0 bridgehead atoms. The number of aryl methyl sites for hydroxylation is 2. The summed E-state index contributed by atoms with van der Waals surface area (Å²) >= 11 is 0. The van der Waals surface area contributed by atoms with E-state index in [1.165, 1.54) is 5.56 Å². The van der Waals surface area contributed by atoms with Crippen LogP contribution in [-0.4, -0.2) is 39.3 Å². The van der Waals surface area contributed by atoms with Gasteiger partial charge >= 0.3 is 0 Å². The number of ether oxygens (including phenoxy) is 1. The van der Waals surface area contributed by atoms with Crippen molar-refractivity contribution in [2.45, 2.75) is 32.6 Å². The number of unbranched alkanes of at least 4 members (excludes halogenated alkanes) is 1. The van der Waals surface area contributed by atoms with E-state index in [9.17, 15) is 4.79 Å². The molecule has 0 saturated heterocycles. The third-order valence-electron chi connectivity index (χ3n) is 5.56. The highest BCUT2D eigenvalue weighted by molar-refractivity contribution is 5.94. The van der Waals surface area contributed by atoms with E-state index in [4.69, 9.17) is 4.74 Å². The molecule has 0 aliphatic heterocycles. The van der Waals surface area contributed by atoms with Crippen molar-refractivity contribution >= 4 is 5.91 Å². The molecule has 4 aromatic rings. The number of hydrogen-bond acceptors (Lipinski definition) is 5. The van der Waals surface area contributed by atoms with Gasteiger partial charge in [0.1, 0.15) is 5.75 Å². The Morgan fingerprint density at radius 2 is 1.82 bits per heavy atom. The van der Waals surface area contributed by atoms with E-state index >= 15 is 0 Å². The van der Waals surface area contributed by atoms with E-state index in [1.807, 2.05) is 43.3 Å². The second-order valence-corrected chi connectivity index (χ2v) is 7.98. The minimum Gasteiger partial charge on any atom is -0.497 e. The summed E-state index contributed by atoms with van der Waals surface area (Å²) in [5.41, 5.74) is 3.41. The van der Waals surface area contributed by atoms with Crippen LogP contribution >= 0.6 is 0 Å². The molecule has 7 heteroatoms. The average Bonchev–Trinajstić information content (AvgIpc) is 3.34. The molecule has 0 atom stereocenters. The highest BCUT2D eigenvalue weighted by Crippen LogP contribution is 2.23. The lowest BCUT2D eigenvalue weighted by molar-refractivity contribution is 0.0952. The van der Waals surface area contributed by atoms with Gasteiger partial charge in [-0.1, -0.05) is 37.3 Å². The van der Waals surface area contributed by atoms with E-state index < -0.39 is 0 Å². The number of nitrogens with one attached hydrogen (secondary N) is 1. The lowest BCUT2D eigenvalue weighted by Gasteiger charge is -2.09. The van der Waals surface area contributed by atoms with Crippen LogP contribution in [0, 0.1) is 0 Å².